The topological polar surface area (TPSA) is 12.5 Å². The average Bonchev–Trinajstić information content (AvgIpc) is 2.19. The summed E-state index contributed by atoms with van der Waals surface area (Å²) in [6.07, 6.45) is -0.118. The van der Waals surface area contributed by atoms with E-state index in [0.717, 1.165) is 26.2 Å². The first-order valence-corrected chi connectivity index (χ1v) is 4.98. The molecular formula is C12H15NO. The predicted molar refractivity (Wildman–Crippen MR) is 55.8 cm³/mol. The smallest absolute Gasteiger partial charge is 0.0738 e. The number of hydrogen-bond donors (Lipinski definition) is 0. The van der Waals surface area contributed by atoms with Gasteiger partial charge in [0.05, 0.1) is 12.7 Å². The van der Waals surface area contributed by atoms with Gasteiger partial charge in [-0.05, 0) is 12.5 Å². The van der Waals surface area contributed by atoms with Crippen LogP contribution < -0.4 is 0 Å². The van der Waals surface area contributed by atoms with E-state index in [-0.39, 0.29) is 6.10 Å². The normalized spacial score (nSPS) is 23.6. The highest BCUT2D eigenvalue weighted by atomic mass is 16.5. The van der Waals surface area contributed by atoms with Crippen molar-refractivity contribution in [1.29, 1.82) is 0 Å². The van der Waals surface area contributed by atoms with Crippen LogP contribution in [0.3, 0.4) is 0 Å². The fraction of sp³-hybridized carbons (Fsp3) is 0.417. The molecule has 0 spiro atoms. The van der Waals surface area contributed by atoms with E-state index in [4.69, 9.17) is 11.7 Å². The monoisotopic (exact) mass is 189 g/mol. The molecule has 0 aromatic heterocycles. The van der Waals surface area contributed by atoms with Gasteiger partial charge < -0.3 is 4.74 Å². The maximum atomic E-state index is 5.71. The van der Waals surface area contributed by atoms with Crippen molar-refractivity contribution in [3.05, 3.63) is 42.8 Å². The molecule has 1 aromatic rings. The third kappa shape index (κ3) is 2.56. The molecule has 1 atom stereocenters. The van der Waals surface area contributed by atoms with Crippen molar-refractivity contribution >= 4 is 0 Å². The molecule has 1 heterocycles. The second-order valence-electron chi connectivity index (χ2n) is 3.63. The molecule has 1 aromatic carbocycles. The van der Waals surface area contributed by atoms with Crippen molar-refractivity contribution in [3.8, 4) is 0 Å². The summed E-state index contributed by atoms with van der Waals surface area (Å²) < 4.78 is 5.28. The number of hydrogen-bond acceptors (Lipinski definition) is 2. The summed E-state index contributed by atoms with van der Waals surface area (Å²) in [5.41, 5.74) is 1.33. The van der Waals surface area contributed by atoms with Gasteiger partial charge in [0.15, 0.2) is 0 Å². The van der Waals surface area contributed by atoms with E-state index < -0.39 is 0 Å². The zero-order valence-electron chi connectivity index (χ0n) is 8.23. The van der Waals surface area contributed by atoms with Crippen molar-refractivity contribution in [1.82, 2.24) is 4.90 Å². The molecule has 1 unspecified atom stereocenters. The maximum Gasteiger partial charge on any atom is 0.0738 e. The Morgan fingerprint density at radius 2 is 2.14 bits per heavy atom. The lowest BCUT2D eigenvalue weighted by Crippen LogP contribution is -2.40. The molecule has 1 aliphatic rings. The van der Waals surface area contributed by atoms with Crippen LogP contribution in [0.5, 0.6) is 0 Å². The second-order valence-corrected chi connectivity index (χ2v) is 3.63. The number of benzene rings is 1. The first-order valence-electron chi connectivity index (χ1n) is 4.98. The third-order valence-electron chi connectivity index (χ3n) is 2.43. The minimum absolute atomic E-state index is 0.118. The molecule has 0 saturated carbocycles. The SMILES string of the molecule is [CH]C1CN(Cc2ccccc2)CCO1. The van der Waals surface area contributed by atoms with Crippen molar-refractivity contribution in [2.24, 2.45) is 0 Å². The fourth-order valence-corrected chi connectivity index (χ4v) is 1.72. The summed E-state index contributed by atoms with van der Waals surface area (Å²) in [5.74, 6) is 0. The van der Waals surface area contributed by atoms with Gasteiger partial charge in [-0.15, -0.1) is 0 Å². The summed E-state index contributed by atoms with van der Waals surface area (Å²) in [7, 11) is 0. The molecule has 2 radical (unpaired) electrons. The van der Waals surface area contributed by atoms with E-state index in [1.54, 1.807) is 0 Å². The fourth-order valence-electron chi connectivity index (χ4n) is 1.72. The molecular weight excluding hydrogens is 174 g/mol. The number of ether oxygens (including phenoxy) is 1. The van der Waals surface area contributed by atoms with Crippen LogP contribution in [-0.4, -0.2) is 30.7 Å². The molecule has 14 heavy (non-hydrogen) atoms. The third-order valence-corrected chi connectivity index (χ3v) is 2.43. The van der Waals surface area contributed by atoms with Crippen LogP contribution in [-0.2, 0) is 11.3 Å². The van der Waals surface area contributed by atoms with Gasteiger partial charge >= 0.3 is 0 Å². The van der Waals surface area contributed by atoms with Crippen molar-refractivity contribution < 1.29 is 4.74 Å². The highest BCUT2D eigenvalue weighted by molar-refractivity contribution is 5.14. The van der Waals surface area contributed by atoms with E-state index >= 15 is 0 Å². The van der Waals surface area contributed by atoms with Gasteiger partial charge in [-0.3, -0.25) is 4.90 Å². The van der Waals surface area contributed by atoms with Gasteiger partial charge in [0, 0.05) is 19.6 Å². The number of nitrogens with zero attached hydrogens (tertiary/aromatic N) is 1. The summed E-state index contributed by atoms with van der Waals surface area (Å²) in [6.45, 7) is 9.23. The Kier molecular flexibility index (Phi) is 3.17. The van der Waals surface area contributed by atoms with E-state index in [1.165, 1.54) is 5.56 Å². The minimum Gasteiger partial charge on any atom is -0.375 e. The van der Waals surface area contributed by atoms with Gasteiger partial charge in [0.1, 0.15) is 0 Å². The molecule has 0 amide bonds. The van der Waals surface area contributed by atoms with Crippen LogP contribution >= 0.6 is 0 Å². The highest BCUT2D eigenvalue weighted by Crippen LogP contribution is 2.09. The second kappa shape index (κ2) is 4.58. The molecule has 0 N–H and O–H groups in total. The Hall–Kier alpha value is -0.860. The standard InChI is InChI=1S/C12H15NO/c1-11-9-13(7-8-14-11)10-12-5-3-2-4-6-12/h1-6,11H,7-10H2. The van der Waals surface area contributed by atoms with Crippen LogP contribution in [0.15, 0.2) is 30.3 Å². The largest absolute Gasteiger partial charge is 0.375 e. The molecule has 2 rings (SSSR count). The molecule has 1 aliphatic heterocycles. The van der Waals surface area contributed by atoms with Gasteiger partial charge in [-0.2, -0.15) is 0 Å². The first-order chi connectivity index (χ1) is 6.84. The quantitative estimate of drug-likeness (QED) is 0.700. The van der Waals surface area contributed by atoms with Crippen molar-refractivity contribution in [3.63, 3.8) is 0 Å². The summed E-state index contributed by atoms with van der Waals surface area (Å²) in [6, 6.07) is 10.4. The Morgan fingerprint density at radius 3 is 2.86 bits per heavy atom. The highest BCUT2D eigenvalue weighted by Gasteiger charge is 2.16. The lowest BCUT2D eigenvalue weighted by atomic mass is 10.2. The number of rotatable bonds is 2. The molecule has 1 saturated heterocycles. The molecule has 74 valence electrons. The van der Waals surface area contributed by atoms with E-state index in [9.17, 15) is 0 Å². The predicted octanol–water partition coefficient (Wildman–Crippen LogP) is 1.60. The van der Waals surface area contributed by atoms with Crippen molar-refractivity contribution in [2.75, 3.05) is 19.7 Å². The lowest BCUT2D eigenvalue weighted by molar-refractivity contribution is -0.00795. The summed E-state index contributed by atoms with van der Waals surface area (Å²) >= 11 is 0. The Balaban J connectivity index is 1.91. The van der Waals surface area contributed by atoms with Gasteiger partial charge in [0.2, 0.25) is 0 Å². The van der Waals surface area contributed by atoms with Crippen molar-refractivity contribution in [2.45, 2.75) is 12.6 Å². The molecule has 2 heteroatoms. The van der Waals surface area contributed by atoms with Crippen LogP contribution in [0, 0.1) is 6.92 Å². The Bertz CT molecular complexity index is 273. The van der Waals surface area contributed by atoms with Gasteiger partial charge in [0.25, 0.3) is 0 Å². The van der Waals surface area contributed by atoms with Crippen LogP contribution in [0.1, 0.15) is 5.56 Å². The first kappa shape index (κ1) is 9.69. The molecule has 2 nitrogen and oxygen atoms in total. The van der Waals surface area contributed by atoms with E-state index in [0.29, 0.717) is 0 Å². The van der Waals surface area contributed by atoms with Crippen LogP contribution in [0.4, 0.5) is 0 Å². The summed E-state index contributed by atoms with van der Waals surface area (Å²) in [5, 5.41) is 0. The van der Waals surface area contributed by atoms with E-state index in [2.05, 4.69) is 29.2 Å². The number of morpholine rings is 1. The van der Waals surface area contributed by atoms with E-state index in [1.807, 2.05) is 6.07 Å². The van der Waals surface area contributed by atoms with Crippen LogP contribution in [0.2, 0.25) is 0 Å². The molecule has 1 fully saturated rings. The zero-order chi connectivity index (χ0) is 9.80. The maximum absolute atomic E-state index is 5.71. The zero-order valence-corrected chi connectivity index (χ0v) is 8.23. The van der Waals surface area contributed by atoms with Crippen LogP contribution in [0.25, 0.3) is 0 Å². The Labute approximate surface area is 85.5 Å². The summed E-state index contributed by atoms with van der Waals surface area (Å²) in [4.78, 5) is 2.32. The molecule has 0 bridgehead atoms. The molecule has 0 aliphatic carbocycles. The average molecular weight is 189 g/mol. The lowest BCUT2D eigenvalue weighted by Gasteiger charge is -2.30. The minimum atomic E-state index is -0.118. The Morgan fingerprint density at radius 1 is 1.36 bits per heavy atom. The van der Waals surface area contributed by atoms with Gasteiger partial charge in [-0.25, -0.2) is 0 Å². The van der Waals surface area contributed by atoms with Gasteiger partial charge in [-0.1, -0.05) is 30.3 Å².